The molecule has 0 heterocycles. The van der Waals surface area contributed by atoms with Crippen molar-refractivity contribution in [2.75, 3.05) is 11.6 Å². The predicted molar refractivity (Wildman–Crippen MR) is 82.7 cm³/mol. The van der Waals surface area contributed by atoms with Crippen LogP contribution < -0.4 is 5.32 Å². The van der Waals surface area contributed by atoms with Gasteiger partial charge in [0.05, 0.1) is 10.6 Å². The lowest BCUT2D eigenvalue weighted by Gasteiger charge is -2.17. The highest BCUT2D eigenvalue weighted by Crippen LogP contribution is 2.22. The maximum absolute atomic E-state index is 12.9. The lowest BCUT2D eigenvalue weighted by Crippen LogP contribution is -2.19. The summed E-state index contributed by atoms with van der Waals surface area (Å²) in [4.78, 5) is 0.288. The SMILES string of the molecule is CC(Cc1ccc(F)cc1)Nc1ccccc1S(C)(=O)=O. The van der Waals surface area contributed by atoms with Gasteiger partial charge in [0.2, 0.25) is 0 Å². The second-order valence-electron chi connectivity index (χ2n) is 5.14. The summed E-state index contributed by atoms with van der Waals surface area (Å²) < 4.78 is 36.4. The topological polar surface area (TPSA) is 46.2 Å². The Labute approximate surface area is 124 Å². The summed E-state index contributed by atoms with van der Waals surface area (Å²) in [5, 5.41) is 3.21. The van der Waals surface area contributed by atoms with Crippen molar-refractivity contribution in [3.05, 3.63) is 59.9 Å². The molecule has 5 heteroatoms. The maximum atomic E-state index is 12.9. The fourth-order valence-electron chi connectivity index (χ4n) is 2.20. The van der Waals surface area contributed by atoms with Crippen LogP contribution in [-0.4, -0.2) is 20.7 Å². The van der Waals surface area contributed by atoms with Crippen LogP contribution in [0.5, 0.6) is 0 Å². The predicted octanol–water partition coefficient (Wildman–Crippen LogP) is 3.27. The number of hydrogen-bond donors (Lipinski definition) is 1. The van der Waals surface area contributed by atoms with Crippen molar-refractivity contribution in [1.29, 1.82) is 0 Å². The first-order valence-electron chi connectivity index (χ1n) is 6.66. The van der Waals surface area contributed by atoms with E-state index in [-0.39, 0.29) is 16.8 Å². The molecule has 2 aromatic carbocycles. The van der Waals surface area contributed by atoms with Crippen molar-refractivity contribution in [1.82, 2.24) is 0 Å². The van der Waals surface area contributed by atoms with Gasteiger partial charge in [0.25, 0.3) is 0 Å². The van der Waals surface area contributed by atoms with Crippen molar-refractivity contribution in [2.24, 2.45) is 0 Å². The van der Waals surface area contributed by atoms with Crippen molar-refractivity contribution >= 4 is 15.5 Å². The van der Waals surface area contributed by atoms with Crippen molar-refractivity contribution < 1.29 is 12.8 Å². The van der Waals surface area contributed by atoms with Gasteiger partial charge >= 0.3 is 0 Å². The molecule has 112 valence electrons. The number of halogens is 1. The van der Waals surface area contributed by atoms with Gasteiger partial charge in [0.15, 0.2) is 9.84 Å². The Hall–Kier alpha value is -1.88. The summed E-state index contributed by atoms with van der Waals surface area (Å²) in [5.41, 5.74) is 1.59. The third-order valence-electron chi connectivity index (χ3n) is 3.14. The maximum Gasteiger partial charge on any atom is 0.177 e. The van der Waals surface area contributed by atoms with E-state index in [9.17, 15) is 12.8 Å². The van der Waals surface area contributed by atoms with E-state index in [0.717, 1.165) is 5.56 Å². The van der Waals surface area contributed by atoms with Crippen molar-refractivity contribution in [3.8, 4) is 0 Å². The Bertz CT molecular complexity index is 711. The van der Waals surface area contributed by atoms with Gasteiger partial charge in [-0.3, -0.25) is 0 Å². The molecule has 2 rings (SSSR count). The Morgan fingerprint density at radius 2 is 1.71 bits per heavy atom. The molecular formula is C16H18FNO2S. The highest BCUT2D eigenvalue weighted by molar-refractivity contribution is 7.90. The molecule has 0 amide bonds. The average Bonchev–Trinajstić information content (AvgIpc) is 2.41. The lowest BCUT2D eigenvalue weighted by molar-refractivity contribution is 0.602. The zero-order valence-corrected chi connectivity index (χ0v) is 12.8. The molecule has 3 nitrogen and oxygen atoms in total. The van der Waals surface area contributed by atoms with E-state index >= 15 is 0 Å². The molecule has 1 atom stereocenters. The Kier molecular flexibility index (Phi) is 4.63. The second kappa shape index (κ2) is 6.26. The van der Waals surface area contributed by atoms with E-state index in [0.29, 0.717) is 12.1 Å². The zero-order valence-electron chi connectivity index (χ0n) is 12.0. The van der Waals surface area contributed by atoms with E-state index in [4.69, 9.17) is 0 Å². The summed E-state index contributed by atoms with van der Waals surface area (Å²) in [6.45, 7) is 1.96. The van der Waals surface area contributed by atoms with Crippen LogP contribution >= 0.6 is 0 Å². The summed E-state index contributed by atoms with van der Waals surface area (Å²) in [5.74, 6) is -0.262. The van der Waals surface area contributed by atoms with Gasteiger partial charge in [-0.1, -0.05) is 24.3 Å². The minimum Gasteiger partial charge on any atom is -0.381 e. The summed E-state index contributed by atoms with van der Waals surface area (Å²) in [7, 11) is -3.27. The van der Waals surface area contributed by atoms with Crippen LogP contribution in [0.4, 0.5) is 10.1 Å². The number of sulfone groups is 1. The van der Waals surface area contributed by atoms with Gasteiger partial charge in [-0.05, 0) is 43.2 Å². The molecule has 0 fully saturated rings. The molecule has 2 aromatic rings. The summed E-state index contributed by atoms with van der Waals surface area (Å²) >= 11 is 0. The van der Waals surface area contributed by atoms with E-state index in [1.165, 1.54) is 18.4 Å². The monoisotopic (exact) mass is 307 g/mol. The molecule has 0 bridgehead atoms. The Morgan fingerprint density at radius 1 is 1.10 bits per heavy atom. The first kappa shape index (κ1) is 15.5. The summed E-state index contributed by atoms with van der Waals surface area (Å²) in [6, 6.07) is 13.2. The normalized spacial score (nSPS) is 12.9. The van der Waals surface area contributed by atoms with E-state index in [1.807, 2.05) is 6.92 Å². The minimum atomic E-state index is -3.27. The van der Waals surface area contributed by atoms with E-state index in [2.05, 4.69) is 5.32 Å². The number of benzene rings is 2. The molecule has 1 unspecified atom stereocenters. The second-order valence-corrected chi connectivity index (χ2v) is 7.13. The fourth-order valence-corrected chi connectivity index (χ4v) is 3.05. The van der Waals surface area contributed by atoms with E-state index in [1.54, 1.807) is 36.4 Å². The van der Waals surface area contributed by atoms with Crippen LogP contribution in [0.15, 0.2) is 53.4 Å². The largest absolute Gasteiger partial charge is 0.381 e. The van der Waals surface area contributed by atoms with Crippen LogP contribution in [0.2, 0.25) is 0 Å². The smallest absolute Gasteiger partial charge is 0.177 e. The number of hydrogen-bond acceptors (Lipinski definition) is 3. The minimum absolute atomic E-state index is 0.0263. The highest BCUT2D eigenvalue weighted by Gasteiger charge is 2.14. The van der Waals surface area contributed by atoms with Gasteiger partial charge in [-0.2, -0.15) is 0 Å². The third-order valence-corrected chi connectivity index (χ3v) is 4.30. The first-order valence-corrected chi connectivity index (χ1v) is 8.55. The first-order chi connectivity index (χ1) is 9.86. The van der Waals surface area contributed by atoms with Crippen molar-refractivity contribution in [3.63, 3.8) is 0 Å². The summed E-state index contributed by atoms with van der Waals surface area (Å²) in [6.07, 6.45) is 1.87. The van der Waals surface area contributed by atoms with Crippen LogP contribution in [-0.2, 0) is 16.3 Å². The van der Waals surface area contributed by atoms with Crippen LogP contribution in [0.25, 0.3) is 0 Å². The highest BCUT2D eigenvalue weighted by atomic mass is 32.2. The average molecular weight is 307 g/mol. The van der Waals surface area contributed by atoms with E-state index < -0.39 is 9.84 Å². The number of anilines is 1. The van der Waals surface area contributed by atoms with Crippen LogP contribution in [0, 0.1) is 5.82 Å². The molecule has 1 N–H and O–H groups in total. The zero-order chi connectivity index (χ0) is 15.5. The van der Waals surface area contributed by atoms with Crippen LogP contribution in [0.1, 0.15) is 12.5 Å². The molecule has 0 saturated carbocycles. The lowest BCUT2D eigenvalue weighted by atomic mass is 10.1. The van der Waals surface area contributed by atoms with Gasteiger partial charge < -0.3 is 5.32 Å². The molecule has 0 aromatic heterocycles. The van der Waals surface area contributed by atoms with Gasteiger partial charge in [0.1, 0.15) is 5.82 Å². The fraction of sp³-hybridized carbons (Fsp3) is 0.250. The van der Waals surface area contributed by atoms with Crippen molar-refractivity contribution in [2.45, 2.75) is 24.3 Å². The Morgan fingerprint density at radius 3 is 2.33 bits per heavy atom. The van der Waals surface area contributed by atoms with Gasteiger partial charge in [-0.25, -0.2) is 12.8 Å². The van der Waals surface area contributed by atoms with Gasteiger partial charge in [-0.15, -0.1) is 0 Å². The molecule has 0 saturated heterocycles. The molecular weight excluding hydrogens is 289 g/mol. The number of nitrogens with one attached hydrogen (secondary N) is 1. The standard InChI is InChI=1S/C16H18FNO2S/c1-12(11-13-7-9-14(17)10-8-13)18-15-5-3-4-6-16(15)21(2,19)20/h3-10,12,18H,11H2,1-2H3. The molecule has 0 aliphatic carbocycles. The molecule has 0 spiro atoms. The third kappa shape index (κ3) is 4.29. The number of para-hydroxylation sites is 1. The number of rotatable bonds is 5. The Balaban J connectivity index is 2.13. The molecule has 0 aliphatic rings. The quantitative estimate of drug-likeness (QED) is 0.922. The molecule has 0 radical (unpaired) electrons. The molecule has 0 aliphatic heterocycles. The van der Waals surface area contributed by atoms with Gasteiger partial charge in [0, 0.05) is 12.3 Å². The molecule has 21 heavy (non-hydrogen) atoms. The van der Waals surface area contributed by atoms with Crippen LogP contribution in [0.3, 0.4) is 0 Å².